The summed E-state index contributed by atoms with van der Waals surface area (Å²) < 4.78 is 34.0. The van der Waals surface area contributed by atoms with E-state index in [0.717, 1.165) is 5.56 Å². The number of carbonyl (C=O) groups is 2. The van der Waals surface area contributed by atoms with Crippen molar-refractivity contribution in [3.8, 4) is 0 Å². The molecular weight excluding hydrogens is 448 g/mol. The molecule has 0 aliphatic carbocycles. The number of nitrogens with zero attached hydrogens (tertiary/aromatic N) is 1. The molecule has 3 rings (SSSR count). The number of fused-ring (bicyclic) bond motifs is 1. The van der Waals surface area contributed by atoms with Crippen LogP contribution in [0.4, 0.5) is 11.4 Å². The largest absolute Gasteiger partial charge is 0.465 e. The molecule has 2 aromatic rings. The molecule has 0 aromatic heterocycles. The fraction of sp³-hybridized carbons (Fsp3) is 0.263. The van der Waals surface area contributed by atoms with Crippen LogP contribution in [0.1, 0.15) is 29.8 Å². The topological polar surface area (TPSA) is 92.8 Å². The SMILES string of the molecule is COC(=O)c1ccc(NS(=O)(=O)c2cc(Br)cc3c2N(C(C)=O)[C@@H](C)C3)cc1. The zero-order chi connectivity index (χ0) is 20.6. The van der Waals surface area contributed by atoms with E-state index in [2.05, 4.69) is 25.4 Å². The van der Waals surface area contributed by atoms with Crippen molar-refractivity contribution in [3.05, 3.63) is 52.0 Å². The lowest BCUT2D eigenvalue weighted by molar-refractivity contribution is -0.116. The molecule has 28 heavy (non-hydrogen) atoms. The zero-order valence-electron chi connectivity index (χ0n) is 15.5. The van der Waals surface area contributed by atoms with E-state index in [1.165, 1.54) is 49.3 Å². The highest BCUT2D eigenvalue weighted by Gasteiger charge is 2.35. The van der Waals surface area contributed by atoms with Crippen LogP contribution in [0, 0.1) is 0 Å². The van der Waals surface area contributed by atoms with Crippen molar-refractivity contribution in [1.29, 1.82) is 0 Å². The van der Waals surface area contributed by atoms with Crippen LogP contribution in [0.3, 0.4) is 0 Å². The Balaban J connectivity index is 2.01. The highest BCUT2D eigenvalue weighted by molar-refractivity contribution is 9.10. The summed E-state index contributed by atoms with van der Waals surface area (Å²) in [5, 5.41) is 0. The smallest absolute Gasteiger partial charge is 0.337 e. The lowest BCUT2D eigenvalue weighted by Gasteiger charge is -2.23. The molecule has 0 unspecified atom stereocenters. The minimum absolute atomic E-state index is 0.0217. The number of ether oxygens (including phenoxy) is 1. The molecule has 0 saturated heterocycles. The number of esters is 1. The van der Waals surface area contributed by atoms with Gasteiger partial charge in [-0.1, -0.05) is 15.9 Å². The van der Waals surface area contributed by atoms with Crippen molar-refractivity contribution >= 4 is 49.2 Å². The number of amides is 1. The van der Waals surface area contributed by atoms with Crippen molar-refractivity contribution in [2.45, 2.75) is 31.2 Å². The van der Waals surface area contributed by atoms with Gasteiger partial charge in [0.1, 0.15) is 4.90 Å². The molecule has 0 bridgehead atoms. The maximum atomic E-state index is 13.1. The molecule has 0 saturated carbocycles. The fourth-order valence-corrected chi connectivity index (χ4v) is 5.34. The van der Waals surface area contributed by atoms with Gasteiger partial charge < -0.3 is 9.64 Å². The van der Waals surface area contributed by atoms with E-state index >= 15 is 0 Å². The highest BCUT2D eigenvalue weighted by atomic mass is 79.9. The number of methoxy groups -OCH3 is 1. The summed E-state index contributed by atoms with van der Waals surface area (Å²) in [6.45, 7) is 3.30. The summed E-state index contributed by atoms with van der Waals surface area (Å²) in [6.07, 6.45) is 0.574. The molecule has 148 valence electrons. The predicted octanol–water partition coefficient (Wildman–Crippen LogP) is 3.33. The van der Waals surface area contributed by atoms with E-state index in [4.69, 9.17) is 0 Å². The number of carbonyl (C=O) groups excluding carboxylic acids is 2. The summed E-state index contributed by atoms with van der Waals surface area (Å²) in [5.74, 6) is -0.724. The first kappa shape index (κ1) is 20.3. The van der Waals surface area contributed by atoms with E-state index in [9.17, 15) is 18.0 Å². The second kappa shape index (κ2) is 7.56. The van der Waals surface area contributed by atoms with Crippen LogP contribution in [0.25, 0.3) is 0 Å². The van der Waals surface area contributed by atoms with Gasteiger partial charge in [0.05, 0.1) is 18.4 Å². The number of hydrogen-bond donors (Lipinski definition) is 1. The van der Waals surface area contributed by atoms with Crippen LogP contribution in [-0.4, -0.2) is 33.4 Å². The van der Waals surface area contributed by atoms with E-state index in [1.54, 1.807) is 0 Å². The van der Waals surface area contributed by atoms with Gasteiger partial charge in [-0.25, -0.2) is 13.2 Å². The van der Waals surface area contributed by atoms with E-state index in [1.807, 2.05) is 13.0 Å². The average molecular weight is 467 g/mol. The maximum Gasteiger partial charge on any atom is 0.337 e. The fourth-order valence-electron chi connectivity index (χ4n) is 3.36. The molecule has 1 aliphatic heterocycles. The highest BCUT2D eigenvalue weighted by Crippen LogP contribution is 2.40. The van der Waals surface area contributed by atoms with Crippen LogP contribution in [0.5, 0.6) is 0 Å². The van der Waals surface area contributed by atoms with Crippen LogP contribution < -0.4 is 9.62 Å². The summed E-state index contributed by atoms with van der Waals surface area (Å²) in [4.78, 5) is 25.2. The summed E-state index contributed by atoms with van der Waals surface area (Å²) in [6, 6.07) is 9.09. The van der Waals surface area contributed by atoms with Gasteiger partial charge in [-0.05, 0) is 55.3 Å². The first-order chi connectivity index (χ1) is 13.1. The number of benzene rings is 2. The third kappa shape index (κ3) is 3.77. The van der Waals surface area contributed by atoms with Crippen molar-refractivity contribution in [2.24, 2.45) is 0 Å². The molecule has 1 N–H and O–H groups in total. The summed E-state index contributed by atoms with van der Waals surface area (Å²) >= 11 is 3.36. The van der Waals surface area contributed by atoms with E-state index in [0.29, 0.717) is 27.8 Å². The number of anilines is 2. The Morgan fingerprint density at radius 1 is 1.21 bits per heavy atom. The molecule has 1 amide bonds. The Labute approximate surface area is 171 Å². The normalized spacial score (nSPS) is 15.9. The van der Waals surface area contributed by atoms with E-state index in [-0.39, 0.29) is 16.8 Å². The molecule has 1 atom stereocenters. The second-order valence-electron chi connectivity index (χ2n) is 6.53. The maximum absolute atomic E-state index is 13.1. The lowest BCUT2D eigenvalue weighted by Crippen LogP contribution is -2.34. The molecule has 0 radical (unpaired) electrons. The zero-order valence-corrected chi connectivity index (χ0v) is 17.9. The number of hydrogen-bond acceptors (Lipinski definition) is 5. The van der Waals surface area contributed by atoms with Gasteiger partial charge in [0.25, 0.3) is 10.0 Å². The van der Waals surface area contributed by atoms with Gasteiger partial charge >= 0.3 is 5.97 Å². The number of halogens is 1. The molecule has 9 heteroatoms. The van der Waals surface area contributed by atoms with Gasteiger partial charge in [-0.15, -0.1) is 0 Å². The van der Waals surface area contributed by atoms with Crippen molar-refractivity contribution < 1.29 is 22.7 Å². The van der Waals surface area contributed by atoms with Crippen LogP contribution >= 0.6 is 15.9 Å². The molecular formula is C19H19BrN2O5S. The lowest BCUT2D eigenvalue weighted by atomic mass is 10.1. The number of rotatable bonds is 4. The Morgan fingerprint density at radius 2 is 1.86 bits per heavy atom. The number of sulfonamides is 1. The van der Waals surface area contributed by atoms with Crippen molar-refractivity contribution in [3.63, 3.8) is 0 Å². The Bertz CT molecular complexity index is 1050. The van der Waals surface area contributed by atoms with Gasteiger partial charge in [0.15, 0.2) is 0 Å². The quantitative estimate of drug-likeness (QED) is 0.697. The van der Waals surface area contributed by atoms with Crippen LogP contribution in [0.15, 0.2) is 45.8 Å². The Morgan fingerprint density at radius 3 is 2.43 bits per heavy atom. The van der Waals surface area contributed by atoms with E-state index < -0.39 is 16.0 Å². The average Bonchev–Trinajstić information content (AvgIpc) is 2.96. The van der Waals surface area contributed by atoms with Gasteiger partial charge in [0, 0.05) is 23.1 Å². The first-order valence-electron chi connectivity index (χ1n) is 8.47. The molecule has 7 nitrogen and oxygen atoms in total. The molecule has 0 spiro atoms. The van der Waals surface area contributed by atoms with Crippen LogP contribution in [0.2, 0.25) is 0 Å². The van der Waals surface area contributed by atoms with Gasteiger partial charge in [0.2, 0.25) is 5.91 Å². The standard InChI is InChI=1S/C19H19BrN2O5S/c1-11-8-14-9-15(20)10-17(18(14)22(11)12(2)23)28(25,26)21-16-6-4-13(5-7-16)19(24)27-3/h4-7,9-11,21H,8H2,1-3H3/t11-/m0/s1. The Kier molecular flexibility index (Phi) is 5.49. The summed E-state index contributed by atoms with van der Waals surface area (Å²) in [7, 11) is -2.71. The minimum atomic E-state index is -3.98. The third-order valence-corrected chi connectivity index (χ3v) is 6.36. The third-order valence-electron chi connectivity index (χ3n) is 4.50. The molecule has 1 heterocycles. The monoisotopic (exact) mass is 466 g/mol. The van der Waals surface area contributed by atoms with Crippen LogP contribution in [-0.2, 0) is 26.0 Å². The van der Waals surface area contributed by atoms with Crippen molar-refractivity contribution in [2.75, 3.05) is 16.7 Å². The minimum Gasteiger partial charge on any atom is -0.465 e. The molecule has 2 aromatic carbocycles. The number of nitrogens with one attached hydrogen (secondary N) is 1. The summed E-state index contributed by atoms with van der Waals surface area (Å²) in [5.41, 5.74) is 1.80. The van der Waals surface area contributed by atoms with Gasteiger partial charge in [-0.3, -0.25) is 9.52 Å². The second-order valence-corrected chi connectivity index (χ2v) is 9.09. The van der Waals surface area contributed by atoms with Gasteiger partial charge in [-0.2, -0.15) is 0 Å². The van der Waals surface area contributed by atoms with Crippen molar-refractivity contribution in [1.82, 2.24) is 0 Å². The Hall–Kier alpha value is -2.39. The molecule has 0 fully saturated rings. The first-order valence-corrected chi connectivity index (χ1v) is 10.7. The molecule has 1 aliphatic rings. The predicted molar refractivity (Wildman–Crippen MR) is 109 cm³/mol.